The third kappa shape index (κ3) is 3.08. The number of hydrogen-bond acceptors (Lipinski definition) is 6. The fourth-order valence-corrected chi connectivity index (χ4v) is 3.55. The number of H-pyrrole nitrogens is 1. The second-order valence-electron chi connectivity index (χ2n) is 6.84. The van der Waals surface area contributed by atoms with Crippen LogP contribution >= 0.6 is 0 Å². The zero-order valence-electron chi connectivity index (χ0n) is 16.1. The number of methoxy groups -OCH3 is 1. The maximum Gasteiger partial charge on any atom is 0.183 e. The van der Waals surface area contributed by atoms with Crippen LogP contribution in [0.2, 0.25) is 0 Å². The van der Waals surface area contributed by atoms with Crippen molar-refractivity contribution in [3.05, 3.63) is 72.1 Å². The van der Waals surface area contributed by atoms with E-state index in [4.69, 9.17) is 15.5 Å². The number of para-hydroxylation sites is 1. The second kappa shape index (κ2) is 7.07. The number of nitrogens with one attached hydrogen (secondary N) is 1. The van der Waals surface area contributed by atoms with Crippen molar-refractivity contribution >= 4 is 27.9 Å². The van der Waals surface area contributed by atoms with Gasteiger partial charge in [0.25, 0.3) is 0 Å². The molecule has 30 heavy (non-hydrogen) atoms. The summed E-state index contributed by atoms with van der Waals surface area (Å²) in [5.41, 5.74) is 9.99. The Morgan fingerprint density at radius 1 is 1.07 bits per heavy atom. The minimum absolute atomic E-state index is 0.329. The molecule has 0 aliphatic heterocycles. The fourth-order valence-electron chi connectivity index (χ4n) is 3.55. The molecular weight excluding hydrogens is 383 g/mol. The Morgan fingerprint density at radius 3 is 2.77 bits per heavy atom. The summed E-state index contributed by atoms with van der Waals surface area (Å²) >= 11 is 0. The number of ether oxygens (including phenoxy) is 1. The lowest BCUT2D eigenvalue weighted by atomic mass is 10.00. The van der Waals surface area contributed by atoms with Gasteiger partial charge in [0, 0.05) is 17.4 Å². The molecule has 7 nitrogen and oxygen atoms in total. The summed E-state index contributed by atoms with van der Waals surface area (Å²) < 4.78 is 19.4. The summed E-state index contributed by atoms with van der Waals surface area (Å²) in [4.78, 5) is 20.8. The molecule has 148 valence electrons. The van der Waals surface area contributed by atoms with E-state index in [0.717, 1.165) is 10.9 Å². The molecule has 0 saturated carbocycles. The number of hydrogen-bond donors (Lipinski definition) is 2. The number of halogens is 1. The third-order valence-corrected chi connectivity index (χ3v) is 4.91. The maximum absolute atomic E-state index is 14.0. The van der Waals surface area contributed by atoms with Crippen LogP contribution in [0.25, 0.3) is 33.3 Å². The lowest BCUT2D eigenvalue weighted by Crippen LogP contribution is -2.04. The van der Waals surface area contributed by atoms with Crippen molar-refractivity contribution in [3.8, 4) is 17.0 Å². The van der Waals surface area contributed by atoms with E-state index >= 15 is 0 Å². The van der Waals surface area contributed by atoms with Gasteiger partial charge >= 0.3 is 0 Å². The number of fused-ring (bicyclic) bond motifs is 2. The zero-order chi connectivity index (χ0) is 20.7. The van der Waals surface area contributed by atoms with E-state index in [0.29, 0.717) is 51.8 Å². The summed E-state index contributed by atoms with van der Waals surface area (Å²) in [6, 6.07) is 14.0. The van der Waals surface area contributed by atoms with Gasteiger partial charge in [0.1, 0.15) is 28.4 Å². The van der Waals surface area contributed by atoms with Crippen molar-refractivity contribution in [1.82, 2.24) is 24.9 Å². The topological polar surface area (TPSA) is 103 Å². The predicted octanol–water partition coefficient (Wildman–Crippen LogP) is 3.89. The Bertz CT molecular complexity index is 1400. The van der Waals surface area contributed by atoms with Gasteiger partial charge in [0.05, 0.1) is 19.1 Å². The van der Waals surface area contributed by atoms with E-state index in [-0.39, 0.29) is 5.82 Å². The summed E-state index contributed by atoms with van der Waals surface area (Å²) in [5.74, 6) is 1.15. The molecule has 5 aromatic rings. The van der Waals surface area contributed by atoms with Crippen molar-refractivity contribution in [2.75, 3.05) is 12.8 Å². The standard InChI is InChI=1S/C22H17FN6O/c1-30-16-7-3-5-12-8-14(10-17-27-21(24)20-22(28-17)26-11-25-20)18(29-19(12)16)13-4-2-6-15(23)9-13/h2-9,11H,10H2,1H3,(H3,24,25,26,27,28). The van der Waals surface area contributed by atoms with Crippen LogP contribution in [0.3, 0.4) is 0 Å². The van der Waals surface area contributed by atoms with Crippen LogP contribution in [-0.2, 0) is 6.42 Å². The number of imidazole rings is 1. The number of anilines is 1. The molecule has 0 unspecified atom stereocenters. The molecule has 5 rings (SSSR count). The van der Waals surface area contributed by atoms with E-state index < -0.39 is 0 Å². The first-order chi connectivity index (χ1) is 14.6. The Morgan fingerprint density at radius 2 is 1.93 bits per heavy atom. The monoisotopic (exact) mass is 400 g/mol. The van der Waals surface area contributed by atoms with Gasteiger partial charge in [-0.1, -0.05) is 24.3 Å². The first kappa shape index (κ1) is 18.0. The number of pyridine rings is 1. The highest BCUT2D eigenvalue weighted by molar-refractivity contribution is 5.88. The van der Waals surface area contributed by atoms with Gasteiger partial charge in [-0.15, -0.1) is 0 Å². The summed E-state index contributed by atoms with van der Waals surface area (Å²) in [7, 11) is 1.60. The number of rotatable bonds is 4. The molecule has 0 fully saturated rings. The third-order valence-electron chi connectivity index (χ3n) is 4.91. The average molecular weight is 400 g/mol. The van der Waals surface area contributed by atoms with Crippen LogP contribution in [0.1, 0.15) is 11.4 Å². The molecule has 8 heteroatoms. The summed E-state index contributed by atoms with van der Waals surface area (Å²) in [6.45, 7) is 0. The minimum atomic E-state index is -0.334. The second-order valence-corrected chi connectivity index (χ2v) is 6.84. The van der Waals surface area contributed by atoms with E-state index in [1.807, 2.05) is 30.3 Å². The highest BCUT2D eigenvalue weighted by atomic mass is 19.1. The number of benzene rings is 2. The Labute approximate surface area is 170 Å². The van der Waals surface area contributed by atoms with Crippen molar-refractivity contribution < 1.29 is 9.13 Å². The lowest BCUT2D eigenvalue weighted by molar-refractivity contribution is 0.419. The van der Waals surface area contributed by atoms with E-state index in [2.05, 4.69) is 19.9 Å². The van der Waals surface area contributed by atoms with Gasteiger partial charge in [0.15, 0.2) is 11.5 Å². The summed E-state index contributed by atoms with van der Waals surface area (Å²) in [5, 5.41) is 0.901. The molecule has 0 bridgehead atoms. The van der Waals surface area contributed by atoms with Crippen LogP contribution < -0.4 is 10.5 Å². The molecule has 0 aliphatic carbocycles. The van der Waals surface area contributed by atoms with Gasteiger partial charge in [0.2, 0.25) is 0 Å². The molecule has 0 saturated heterocycles. The molecule has 3 heterocycles. The Kier molecular flexibility index (Phi) is 4.24. The van der Waals surface area contributed by atoms with Crippen LogP contribution in [0.5, 0.6) is 5.75 Å². The first-order valence-electron chi connectivity index (χ1n) is 9.30. The SMILES string of the molecule is COc1cccc2cc(Cc3nc(N)c4[nH]cnc4n3)c(-c3cccc(F)c3)nc12. The van der Waals surface area contributed by atoms with Crippen LogP contribution in [-0.4, -0.2) is 32.0 Å². The number of nitrogens with zero attached hydrogens (tertiary/aromatic N) is 4. The van der Waals surface area contributed by atoms with E-state index in [9.17, 15) is 4.39 Å². The van der Waals surface area contributed by atoms with Crippen molar-refractivity contribution in [3.63, 3.8) is 0 Å². The predicted molar refractivity (Wildman–Crippen MR) is 113 cm³/mol. The first-order valence-corrected chi connectivity index (χ1v) is 9.30. The Balaban J connectivity index is 1.71. The van der Waals surface area contributed by atoms with Crippen LogP contribution in [0, 0.1) is 5.82 Å². The largest absolute Gasteiger partial charge is 0.494 e. The number of nitrogens with two attached hydrogens (primary N) is 1. The fraction of sp³-hybridized carbons (Fsp3) is 0.0909. The molecule has 3 aromatic heterocycles. The highest BCUT2D eigenvalue weighted by Crippen LogP contribution is 2.31. The smallest absolute Gasteiger partial charge is 0.183 e. The van der Waals surface area contributed by atoms with Gasteiger partial charge in [-0.25, -0.2) is 24.3 Å². The van der Waals surface area contributed by atoms with Gasteiger partial charge < -0.3 is 15.5 Å². The van der Waals surface area contributed by atoms with Crippen molar-refractivity contribution in [1.29, 1.82) is 0 Å². The molecule has 0 aliphatic rings. The molecule has 2 aromatic carbocycles. The molecular formula is C22H17FN6O. The molecule has 0 radical (unpaired) electrons. The zero-order valence-corrected chi connectivity index (χ0v) is 16.1. The van der Waals surface area contributed by atoms with Crippen LogP contribution in [0.4, 0.5) is 10.2 Å². The molecule has 0 spiro atoms. The molecule has 0 amide bonds. The lowest BCUT2D eigenvalue weighted by Gasteiger charge is -2.13. The quantitative estimate of drug-likeness (QED) is 0.474. The Hall–Kier alpha value is -4.07. The highest BCUT2D eigenvalue weighted by Gasteiger charge is 2.16. The van der Waals surface area contributed by atoms with Crippen LogP contribution in [0.15, 0.2) is 54.9 Å². The van der Waals surface area contributed by atoms with Gasteiger partial charge in [-0.3, -0.25) is 0 Å². The van der Waals surface area contributed by atoms with Crippen molar-refractivity contribution in [2.24, 2.45) is 0 Å². The van der Waals surface area contributed by atoms with Gasteiger partial charge in [-0.2, -0.15) is 0 Å². The normalized spacial score (nSPS) is 11.3. The summed E-state index contributed by atoms with van der Waals surface area (Å²) in [6.07, 6.45) is 1.89. The minimum Gasteiger partial charge on any atom is -0.494 e. The van der Waals surface area contributed by atoms with Gasteiger partial charge in [-0.05, 0) is 29.8 Å². The molecule has 0 atom stereocenters. The van der Waals surface area contributed by atoms with E-state index in [1.165, 1.54) is 18.5 Å². The number of aromatic nitrogens is 5. The van der Waals surface area contributed by atoms with Crippen molar-refractivity contribution in [2.45, 2.75) is 6.42 Å². The molecule has 3 N–H and O–H groups in total. The maximum atomic E-state index is 14.0. The van der Waals surface area contributed by atoms with E-state index in [1.54, 1.807) is 13.2 Å². The number of aromatic amines is 1. The number of nitrogen functional groups attached to an aromatic ring is 1. The average Bonchev–Trinajstić information content (AvgIpc) is 3.22.